The summed E-state index contributed by atoms with van der Waals surface area (Å²) in [7, 11) is 0. The quantitative estimate of drug-likeness (QED) is 0.835. The van der Waals surface area contributed by atoms with Crippen LogP contribution in [0.4, 0.5) is 11.4 Å². The van der Waals surface area contributed by atoms with Gasteiger partial charge in [-0.25, -0.2) is 0 Å². The van der Waals surface area contributed by atoms with Gasteiger partial charge in [-0.15, -0.1) is 0 Å². The zero-order valence-corrected chi connectivity index (χ0v) is 14.4. The molecule has 2 aromatic rings. The Balaban J connectivity index is 1.86. The van der Waals surface area contributed by atoms with Crippen LogP contribution in [0.15, 0.2) is 46.9 Å². The highest BCUT2D eigenvalue weighted by Gasteiger charge is 2.05. The van der Waals surface area contributed by atoms with Crippen molar-refractivity contribution in [3.8, 4) is 5.75 Å². The van der Waals surface area contributed by atoms with Crippen LogP contribution in [0.3, 0.4) is 0 Å². The Hall–Kier alpha value is -2.34. The van der Waals surface area contributed by atoms with E-state index >= 15 is 0 Å². The lowest BCUT2D eigenvalue weighted by Gasteiger charge is -2.09. The van der Waals surface area contributed by atoms with E-state index in [1.54, 1.807) is 24.3 Å². The fourth-order valence-corrected chi connectivity index (χ4v) is 2.15. The predicted molar refractivity (Wildman–Crippen MR) is 93.7 cm³/mol. The van der Waals surface area contributed by atoms with Crippen molar-refractivity contribution in [3.63, 3.8) is 0 Å². The van der Waals surface area contributed by atoms with Gasteiger partial charge in [0.05, 0.1) is 0 Å². The van der Waals surface area contributed by atoms with Gasteiger partial charge in [-0.05, 0) is 55.0 Å². The minimum Gasteiger partial charge on any atom is -0.484 e. The molecule has 0 aliphatic heterocycles. The molecule has 2 amide bonds. The van der Waals surface area contributed by atoms with Crippen LogP contribution < -0.4 is 15.4 Å². The predicted octanol–water partition coefficient (Wildman–Crippen LogP) is 3.73. The second-order valence-electron chi connectivity index (χ2n) is 5.01. The number of halogens is 1. The number of hydrogen-bond donors (Lipinski definition) is 2. The van der Waals surface area contributed by atoms with Crippen molar-refractivity contribution in [1.82, 2.24) is 0 Å². The number of rotatable bonds is 5. The molecule has 0 atom stereocenters. The fourth-order valence-electron chi connectivity index (χ4n) is 1.91. The normalized spacial score (nSPS) is 10.0. The van der Waals surface area contributed by atoms with Crippen LogP contribution in [0.2, 0.25) is 0 Å². The lowest BCUT2D eigenvalue weighted by atomic mass is 10.2. The molecule has 0 fully saturated rings. The number of amides is 2. The van der Waals surface area contributed by atoms with E-state index in [2.05, 4.69) is 26.6 Å². The lowest BCUT2D eigenvalue weighted by molar-refractivity contribution is -0.118. The molecule has 0 unspecified atom stereocenters. The third kappa shape index (κ3) is 5.41. The molecule has 120 valence electrons. The largest absolute Gasteiger partial charge is 0.484 e. The molecule has 0 heterocycles. The Kier molecular flexibility index (Phi) is 5.76. The first-order valence-corrected chi connectivity index (χ1v) is 7.80. The SMILES string of the molecule is CC(=O)Nc1ccc(OCC(=O)Nc2ccc(Br)c(C)c2)cc1. The molecule has 0 spiro atoms. The Morgan fingerprint density at radius 2 is 1.70 bits per heavy atom. The van der Waals surface area contributed by atoms with E-state index in [0.29, 0.717) is 11.4 Å². The average Bonchev–Trinajstić information content (AvgIpc) is 2.50. The van der Waals surface area contributed by atoms with Crippen molar-refractivity contribution in [1.29, 1.82) is 0 Å². The summed E-state index contributed by atoms with van der Waals surface area (Å²) in [5.41, 5.74) is 2.44. The summed E-state index contributed by atoms with van der Waals surface area (Å²) in [6.45, 7) is 3.31. The summed E-state index contributed by atoms with van der Waals surface area (Å²) in [4.78, 5) is 22.8. The van der Waals surface area contributed by atoms with Gasteiger partial charge in [0.15, 0.2) is 6.61 Å². The number of ether oxygens (including phenoxy) is 1. The Bertz CT molecular complexity index is 714. The van der Waals surface area contributed by atoms with Crippen molar-refractivity contribution in [3.05, 3.63) is 52.5 Å². The third-order valence-electron chi connectivity index (χ3n) is 2.99. The first kappa shape index (κ1) is 17.0. The van der Waals surface area contributed by atoms with Gasteiger partial charge in [0.1, 0.15) is 5.75 Å². The maximum absolute atomic E-state index is 11.9. The first-order valence-electron chi connectivity index (χ1n) is 7.00. The second kappa shape index (κ2) is 7.78. The van der Waals surface area contributed by atoms with Gasteiger partial charge in [-0.2, -0.15) is 0 Å². The van der Waals surface area contributed by atoms with Crippen molar-refractivity contribution in [2.45, 2.75) is 13.8 Å². The molecule has 2 aromatic carbocycles. The van der Waals surface area contributed by atoms with E-state index in [-0.39, 0.29) is 18.4 Å². The molecular formula is C17H17BrN2O3. The van der Waals surface area contributed by atoms with Crippen molar-refractivity contribution in [2.24, 2.45) is 0 Å². The molecule has 2 N–H and O–H groups in total. The van der Waals surface area contributed by atoms with E-state index in [4.69, 9.17) is 4.74 Å². The summed E-state index contributed by atoms with van der Waals surface area (Å²) < 4.78 is 6.41. The Morgan fingerprint density at radius 3 is 2.30 bits per heavy atom. The summed E-state index contributed by atoms with van der Waals surface area (Å²) in [6, 6.07) is 12.4. The van der Waals surface area contributed by atoms with Gasteiger partial charge in [0.25, 0.3) is 5.91 Å². The number of nitrogens with one attached hydrogen (secondary N) is 2. The highest BCUT2D eigenvalue weighted by molar-refractivity contribution is 9.10. The summed E-state index contributed by atoms with van der Waals surface area (Å²) in [5.74, 6) is 0.182. The molecule has 0 saturated heterocycles. The van der Waals surface area contributed by atoms with Crippen LogP contribution in [0.1, 0.15) is 12.5 Å². The molecule has 0 radical (unpaired) electrons. The topological polar surface area (TPSA) is 67.4 Å². The molecule has 0 aliphatic rings. The highest BCUT2D eigenvalue weighted by Crippen LogP contribution is 2.20. The van der Waals surface area contributed by atoms with Crippen LogP contribution in [0, 0.1) is 6.92 Å². The number of carbonyl (C=O) groups excluding carboxylic acids is 2. The van der Waals surface area contributed by atoms with Crippen molar-refractivity contribution >= 4 is 39.1 Å². The van der Waals surface area contributed by atoms with Gasteiger partial charge in [-0.3, -0.25) is 9.59 Å². The summed E-state index contributed by atoms with van der Waals surface area (Å²) in [6.07, 6.45) is 0. The van der Waals surface area contributed by atoms with E-state index in [9.17, 15) is 9.59 Å². The number of carbonyl (C=O) groups is 2. The maximum Gasteiger partial charge on any atom is 0.262 e. The number of benzene rings is 2. The lowest BCUT2D eigenvalue weighted by Crippen LogP contribution is -2.20. The van der Waals surface area contributed by atoms with E-state index in [1.807, 2.05) is 25.1 Å². The zero-order valence-electron chi connectivity index (χ0n) is 12.9. The van der Waals surface area contributed by atoms with Crippen LogP contribution in [0.25, 0.3) is 0 Å². The molecule has 0 bridgehead atoms. The standard InChI is InChI=1S/C17H17BrN2O3/c1-11-9-14(5-8-16(11)18)20-17(22)10-23-15-6-3-13(4-7-15)19-12(2)21/h3-9H,10H2,1-2H3,(H,19,21)(H,20,22). The van der Waals surface area contributed by atoms with Gasteiger partial charge >= 0.3 is 0 Å². The maximum atomic E-state index is 11.9. The van der Waals surface area contributed by atoms with Crippen LogP contribution >= 0.6 is 15.9 Å². The zero-order chi connectivity index (χ0) is 16.8. The number of anilines is 2. The van der Waals surface area contributed by atoms with Gasteiger partial charge in [0.2, 0.25) is 5.91 Å². The Labute approximate surface area is 143 Å². The van der Waals surface area contributed by atoms with Crippen LogP contribution in [-0.4, -0.2) is 18.4 Å². The van der Waals surface area contributed by atoms with Gasteiger partial charge in [-0.1, -0.05) is 15.9 Å². The van der Waals surface area contributed by atoms with Gasteiger partial charge in [0, 0.05) is 22.8 Å². The fraction of sp³-hybridized carbons (Fsp3) is 0.176. The molecular weight excluding hydrogens is 360 g/mol. The summed E-state index contributed by atoms with van der Waals surface area (Å²) >= 11 is 3.41. The molecule has 0 aromatic heterocycles. The molecule has 23 heavy (non-hydrogen) atoms. The van der Waals surface area contributed by atoms with E-state index in [1.165, 1.54) is 6.92 Å². The number of aryl methyl sites for hydroxylation is 1. The smallest absolute Gasteiger partial charge is 0.262 e. The monoisotopic (exact) mass is 376 g/mol. The Morgan fingerprint density at radius 1 is 1.04 bits per heavy atom. The minimum atomic E-state index is -0.238. The average molecular weight is 377 g/mol. The van der Waals surface area contributed by atoms with Crippen molar-refractivity contribution < 1.29 is 14.3 Å². The highest BCUT2D eigenvalue weighted by atomic mass is 79.9. The van der Waals surface area contributed by atoms with E-state index < -0.39 is 0 Å². The van der Waals surface area contributed by atoms with Gasteiger partial charge < -0.3 is 15.4 Å². The van der Waals surface area contributed by atoms with Crippen molar-refractivity contribution in [2.75, 3.05) is 17.2 Å². The minimum absolute atomic E-state index is 0.0887. The molecule has 5 nitrogen and oxygen atoms in total. The molecule has 0 saturated carbocycles. The second-order valence-corrected chi connectivity index (χ2v) is 5.86. The molecule has 6 heteroatoms. The van der Waals surface area contributed by atoms with E-state index in [0.717, 1.165) is 15.7 Å². The summed E-state index contributed by atoms with van der Waals surface area (Å²) in [5, 5.41) is 5.44. The first-order chi connectivity index (χ1) is 10.9. The molecule has 0 aliphatic carbocycles. The third-order valence-corrected chi connectivity index (χ3v) is 3.88. The van der Waals surface area contributed by atoms with Crippen LogP contribution in [-0.2, 0) is 9.59 Å². The molecule has 2 rings (SSSR count). The van der Waals surface area contributed by atoms with Crippen LogP contribution in [0.5, 0.6) is 5.75 Å². The number of hydrogen-bond acceptors (Lipinski definition) is 3.